The second-order valence-electron chi connectivity index (χ2n) is 2.61. The lowest BCUT2D eigenvalue weighted by atomic mass is 10.2. The Balaban J connectivity index is 2.51. The van der Waals surface area contributed by atoms with Crippen LogP contribution >= 0.6 is 0 Å². The fourth-order valence-corrected chi connectivity index (χ4v) is 1.34. The van der Waals surface area contributed by atoms with Gasteiger partial charge in [-0.3, -0.25) is 4.79 Å². The first-order valence-electron chi connectivity index (χ1n) is 3.51. The van der Waals surface area contributed by atoms with E-state index in [0.29, 0.717) is 11.9 Å². The Labute approximate surface area is 55.8 Å². The summed E-state index contributed by atoms with van der Waals surface area (Å²) in [6.45, 7) is 2.12. The van der Waals surface area contributed by atoms with E-state index in [1.165, 1.54) is 0 Å². The lowest BCUT2D eigenvalue weighted by Crippen LogP contribution is -2.27. The van der Waals surface area contributed by atoms with Crippen LogP contribution in [0.4, 0.5) is 0 Å². The highest BCUT2D eigenvalue weighted by atomic mass is 16.2. The van der Waals surface area contributed by atoms with E-state index >= 15 is 0 Å². The van der Waals surface area contributed by atoms with Gasteiger partial charge in [0.15, 0.2) is 0 Å². The Morgan fingerprint density at radius 3 is 2.67 bits per heavy atom. The van der Waals surface area contributed by atoms with Gasteiger partial charge in [0.25, 0.3) is 0 Å². The van der Waals surface area contributed by atoms with E-state index in [-0.39, 0.29) is 0 Å². The van der Waals surface area contributed by atoms with Crippen LogP contribution in [0.5, 0.6) is 0 Å². The Kier molecular flexibility index (Phi) is 1.74. The van der Waals surface area contributed by atoms with Crippen LogP contribution in [-0.4, -0.2) is 23.9 Å². The topological polar surface area (TPSA) is 20.3 Å². The maximum atomic E-state index is 10.9. The van der Waals surface area contributed by atoms with Gasteiger partial charge in [-0.15, -0.1) is 0 Å². The molecule has 2 heteroatoms. The monoisotopic (exact) mass is 127 g/mol. The zero-order valence-corrected chi connectivity index (χ0v) is 6.05. The molecule has 52 valence electrons. The molecule has 1 rings (SSSR count). The zero-order valence-electron chi connectivity index (χ0n) is 6.05. The molecule has 9 heavy (non-hydrogen) atoms. The van der Waals surface area contributed by atoms with Crippen molar-refractivity contribution in [1.82, 2.24) is 4.90 Å². The molecule has 1 aliphatic heterocycles. The van der Waals surface area contributed by atoms with Gasteiger partial charge in [0.2, 0.25) is 5.91 Å². The number of carbonyl (C=O) groups excluding carboxylic acids is 1. The van der Waals surface area contributed by atoms with Crippen molar-refractivity contribution in [2.45, 2.75) is 32.2 Å². The third-order valence-electron chi connectivity index (χ3n) is 2.10. The van der Waals surface area contributed by atoms with Crippen LogP contribution in [0.25, 0.3) is 0 Å². The maximum absolute atomic E-state index is 10.9. The van der Waals surface area contributed by atoms with E-state index in [0.717, 1.165) is 19.3 Å². The molecule has 1 fully saturated rings. The highest BCUT2D eigenvalue weighted by molar-refractivity contribution is 5.78. The van der Waals surface area contributed by atoms with Gasteiger partial charge in [-0.1, -0.05) is 6.92 Å². The van der Waals surface area contributed by atoms with E-state index in [1.807, 2.05) is 11.9 Å². The number of nitrogens with zero attached hydrogens (tertiary/aromatic N) is 1. The second-order valence-corrected chi connectivity index (χ2v) is 2.61. The van der Waals surface area contributed by atoms with E-state index in [2.05, 4.69) is 6.92 Å². The van der Waals surface area contributed by atoms with Gasteiger partial charge < -0.3 is 4.90 Å². The van der Waals surface area contributed by atoms with E-state index in [4.69, 9.17) is 0 Å². The fraction of sp³-hybridized carbons (Fsp3) is 0.857. The standard InChI is InChI=1S/C7H13NO/c1-3-6-4-5-7(9)8(6)2/h6H,3-5H2,1-2H3/t6-/m1/s1. The first kappa shape index (κ1) is 6.59. The molecule has 0 saturated carbocycles. The molecule has 0 aromatic heterocycles. The summed E-state index contributed by atoms with van der Waals surface area (Å²) in [4.78, 5) is 12.7. The molecule has 0 bridgehead atoms. The highest BCUT2D eigenvalue weighted by Gasteiger charge is 2.25. The molecule has 1 amide bonds. The third-order valence-corrected chi connectivity index (χ3v) is 2.10. The maximum Gasteiger partial charge on any atom is 0.222 e. The average Bonchev–Trinajstić information content (AvgIpc) is 2.15. The fourth-order valence-electron chi connectivity index (χ4n) is 1.34. The van der Waals surface area contributed by atoms with E-state index < -0.39 is 0 Å². The van der Waals surface area contributed by atoms with Crippen molar-refractivity contribution in [3.8, 4) is 0 Å². The Morgan fingerprint density at radius 2 is 2.44 bits per heavy atom. The number of hydrogen-bond acceptors (Lipinski definition) is 1. The predicted molar refractivity (Wildman–Crippen MR) is 36.1 cm³/mol. The Bertz CT molecular complexity index is 122. The van der Waals surface area contributed by atoms with E-state index in [9.17, 15) is 4.79 Å². The number of amides is 1. The molecule has 0 unspecified atom stereocenters. The molecule has 0 spiro atoms. The Hall–Kier alpha value is -0.530. The van der Waals surface area contributed by atoms with Crippen molar-refractivity contribution in [3.05, 3.63) is 0 Å². The Morgan fingerprint density at radius 1 is 1.78 bits per heavy atom. The largest absolute Gasteiger partial charge is 0.343 e. The molecule has 0 aromatic carbocycles. The van der Waals surface area contributed by atoms with Gasteiger partial charge in [0, 0.05) is 19.5 Å². The molecule has 1 heterocycles. The van der Waals surface area contributed by atoms with Gasteiger partial charge in [-0.25, -0.2) is 0 Å². The highest BCUT2D eigenvalue weighted by Crippen LogP contribution is 2.18. The van der Waals surface area contributed by atoms with E-state index in [1.54, 1.807) is 0 Å². The summed E-state index contributed by atoms with van der Waals surface area (Å²) in [7, 11) is 1.89. The minimum absolute atomic E-state index is 0.307. The van der Waals surface area contributed by atoms with Crippen molar-refractivity contribution >= 4 is 5.91 Å². The summed E-state index contributed by atoms with van der Waals surface area (Å²) in [5.74, 6) is 0.307. The van der Waals surface area contributed by atoms with Crippen molar-refractivity contribution < 1.29 is 4.79 Å². The number of rotatable bonds is 1. The smallest absolute Gasteiger partial charge is 0.222 e. The molecule has 2 nitrogen and oxygen atoms in total. The van der Waals surface area contributed by atoms with Crippen LogP contribution in [0.1, 0.15) is 26.2 Å². The van der Waals surface area contributed by atoms with Crippen LogP contribution in [0.3, 0.4) is 0 Å². The van der Waals surface area contributed by atoms with Crippen molar-refractivity contribution in [1.29, 1.82) is 0 Å². The van der Waals surface area contributed by atoms with Crippen molar-refractivity contribution in [2.75, 3.05) is 7.05 Å². The molecule has 1 atom stereocenters. The summed E-state index contributed by atoms with van der Waals surface area (Å²) < 4.78 is 0. The summed E-state index contributed by atoms with van der Waals surface area (Å²) in [6.07, 6.45) is 2.92. The molecule has 1 aliphatic rings. The molecular formula is C7H13NO. The van der Waals surface area contributed by atoms with Gasteiger partial charge in [-0.05, 0) is 12.8 Å². The first-order chi connectivity index (χ1) is 4.25. The summed E-state index contributed by atoms with van der Waals surface area (Å²) in [5.41, 5.74) is 0. The molecular weight excluding hydrogens is 114 g/mol. The van der Waals surface area contributed by atoms with Crippen molar-refractivity contribution in [3.63, 3.8) is 0 Å². The predicted octanol–water partition coefficient (Wildman–Crippen LogP) is 1.02. The molecule has 0 aliphatic carbocycles. The minimum atomic E-state index is 0.307. The lowest BCUT2D eigenvalue weighted by Gasteiger charge is -2.16. The van der Waals surface area contributed by atoms with Crippen LogP contribution in [-0.2, 0) is 4.79 Å². The van der Waals surface area contributed by atoms with Gasteiger partial charge in [0.1, 0.15) is 0 Å². The summed E-state index contributed by atoms with van der Waals surface area (Å²) in [6, 6.07) is 0.525. The molecule has 0 aromatic rings. The summed E-state index contributed by atoms with van der Waals surface area (Å²) >= 11 is 0. The van der Waals surface area contributed by atoms with Gasteiger partial charge in [0.05, 0.1) is 0 Å². The normalized spacial score (nSPS) is 27.6. The number of hydrogen-bond donors (Lipinski definition) is 0. The average molecular weight is 127 g/mol. The SMILES string of the molecule is CC[C@@H]1CCC(=O)N1C. The van der Waals surface area contributed by atoms with Crippen LogP contribution in [0.2, 0.25) is 0 Å². The molecule has 0 radical (unpaired) electrons. The number of carbonyl (C=O) groups is 1. The molecule has 1 saturated heterocycles. The van der Waals surface area contributed by atoms with Gasteiger partial charge >= 0.3 is 0 Å². The second kappa shape index (κ2) is 2.38. The third kappa shape index (κ3) is 1.07. The van der Waals surface area contributed by atoms with Crippen LogP contribution in [0.15, 0.2) is 0 Å². The quantitative estimate of drug-likeness (QED) is 0.515. The van der Waals surface area contributed by atoms with Crippen LogP contribution in [0, 0.1) is 0 Å². The minimum Gasteiger partial charge on any atom is -0.343 e. The zero-order chi connectivity index (χ0) is 6.85. The number of likely N-dealkylation sites (tertiary alicyclic amines) is 1. The first-order valence-corrected chi connectivity index (χ1v) is 3.51. The summed E-state index contributed by atoms with van der Waals surface area (Å²) in [5, 5.41) is 0. The lowest BCUT2D eigenvalue weighted by molar-refractivity contribution is -0.127. The van der Waals surface area contributed by atoms with Crippen LogP contribution < -0.4 is 0 Å². The van der Waals surface area contributed by atoms with Crippen molar-refractivity contribution in [2.24, 2.45) is 0 Å². The van der Waals surface area contributed by atoms with Gasteiger partial charge in [-0.2, -0.15) is 0 Å². The molecule has 0 N–H and O–H groups in total.